The summed E-state index contributed by atoms with van der Waals surface area (Å²) in [6.45, 7) is 7.23. The third-order valence-corrected chi connectivity index (χ3v) is 3.29. The van der Waals surface area contributed by atoms with Crippen LogP contribution in [0.1, 0.15) is 19.2 Å². The molecule has 0 saturated carbocycles. The minimum atomic E-state index is 0.811. The van der Waals surface area contributed by atoms with Crippen molar-refractivity contribution in [3.05, 3.63) is 42.5 Å². The second kappa shape index (κ2) is 6.27. The van der Waals surface area contributed by atoms with E-state index in [1.807, 2.05) is 31.5 Å². The van der Waals surface area contributed by atoms with Gasteiger partial charge in [0.25, 0.3) is 0 Å². The van der Waals surface area contributed by atoms with Crippen LogP contribution in [0.15, 0.2) is 36.7 Å². The van der Waals surface area contributed by atoms with Gasteiger partial charge in [0.2, 0.25) is 0 Å². The van der Waals surface area contributed by atoms with E-state index in [1.54, 1.807) is 0 Å². The Balaban J connectivity index is 2.04. The molecule has 1 aromatic heterocycles. The molecule has 0 radical (unpaired) electrons. The first-order valence-electron chi connectivity index (χ1n) is 6.79. The lowest BCUT2D eigenvalue weighted by atomic mass is 10.2. The van der Waals surface area contributed by atoms with Gasteiger partial charge in [-0.2, -0.15) is 0 Å². The van der Waals surface area contributed by atoms with Crippen LogP contribution in [0.25, 0.3) is 0 Å². The highest BCUT2D eigenvalue weighted by Crippen LogP contribution is 2.16. The number of anilines is 2. The Labute approximate surface area is 114 Å². The lowest BCUT2D eigenvalue weighted by molar-refractivity contribution is 0.635. The summed E-state index contributed by atoms with van der Waals surface area (Å²) in [7, 11) is 0. The van der Waals surface area contributed by atoms with Crippen LogP contribution < -0.4 is 10.6 Å². The maximum Gasteiger partial charge on any atom is 0.105 e. The minimum Gasteiger partial charge on any atom is -0.399 e. The topological polar surface area (TPSA) is 47.1 Å². The van der Waals surface area contributed by atoms with Gasteiger partial charge in [-0.05, 0) is 37.6 Å². The molecule has 1 heterocycles. The predicted molar refractivity (Wildman–Crippen MR) is 80.3 cm³/mol. The molecule has 0 spiro atoms. The molecule has 1 aromatic carbocycles. The van der Waals surface area contributed by atoms with Gasteiger partial charge in [0.05, 0.1) is 0 Å². The van der Waals surface area contributed by atoms with Gasteiger partial charge in [0.1, 0.15) is 5.82 Å². The lowest BCUT2D eigenvalue weighted by Crippen LogP contribution is -2.28. The summed E-state index contributed by atoms with van der Waals surface area (Å²) in [4.78, 5) is 6.64. The summed E-state index contributed by atoms with van der Waals surface area (Å²) >= 11 is 0. The Hall–Kier alpha value is -1.97. The third kappa shape index (κ3) is 3.50. The van der Waals surface area contributed by atoms with Crippen LogP contribution in [-0.2, 0) is 6.54 Å². The lowest BCUT2D eigenvalue weighted by Gasteiger charge is -2.25. The zero-order chi connectivity index (χ0) is 13.7. The van der Waals surface area contributed by atoms with Gasteiger partial charge in [0, 0.05) is 43.4 Å². The molecule has 102 valence electrons. The first-order valence-corrected chi connectivity index (χ1v) is 6.79. The number of nitrogen functional groups attached to an aromatic ring is 1. The fourth-order valence-electron chi connectivity index (χ4n) is 2.19. The van der Waals surface area contributed by atoms with E-state index in [1.165, 1.54) is 5.69 Å². The summed E-state index contributed by atoms with van der Waals surface area (Å²) in [6, 6.07) is 8.10. The molecule has 0 fully saturated rings. The second-order valence-electron chi connectivity index (χ2n) is 4.75. The van der Waals surface area contributed by atoms with Gasteiger partial charge in [-0.15, -0.1) is 0 Å². The van der Waals surface area contributed by atoms with E-state index < -0.39 is 0 Å². The van der Waals surface area contributed by atoms with Crippen LogP contribution in [0.3, 0.4) is 0 Å². The molecule has 0 bridgehead atoms. The molecule has 0 saturated heterocycles. The molecule has 0 amide bonds. The summed E-state index contributed by atoms with van der Waals surface area (Å²) in [5, 5.41) is 0. The van der Waals surface area contributed by atoms with Crippen molar-refractivity contribution in [3.63, 3.8) is 0 Å². The highest BCUT2D eigenvalue weighted by Gasteiger charge is 2.06. The fraction of sp³-hybridized carbons (Fsp3) is 0.400. The second-order valence-corrected chi connectivity index (χ2v) is 4.75. The number of rotatable bonds is 6. The quantitative estimate of drug-likeness (QED) is 0.810. The van der Waals surface area contributed by atoms with E-state index in [4.69, 9.17) is 5.73 Å². The zero-order valence-corrected chi connectivity index (χ0v) is 11.7. The largest absolute Gasteiger partial charge is 0.399 e. The molecular formula is C15H22N4. The number of nitrogens with two attached hydrogens (primary N) is 1. The van der Waals surface area contributed by atoms with Gasteiger partial charge >= 0.3 is 0 Å². The van der Waals surface area contributed by atoms with Crippen LogP contribution in [0, 0.1) is 6.92 Å². The number of hydrogen-bond acceptors (Lipinski definition) is 3. The molecule has 0 aliphatic rings. The van der Waals surface area contributed by atoms with Gasteiger partial charge < -0.3 is 15.2 Å². The molecule has 0 atom stereocenters. The first-order chi connectivity index (χ1) is 9.20. The van der Waals surface area contributed by atoms with Crippen molar-refractivity contribution in [2.45, 2.75) is 26.8 Å². The summed E-state index contributed by atoms with van der Waals surface area (Å²) in [6.07, 6.45) is 5.01. The first kappa shape index (κ1) is 13.5. The van der Waals surface area contributed by atoms with Crippen molar-refractivity contribution >= 4 is 11.4 Å². The summed E-state index contributed by atoms with van der Waals surface area (Å²) < 4.78 is 2.18. The summed E-state index contributed by atoms with van der Waals surface area (Å²) in [5.41, 5.74) is 7.78. The average Bonchev–Trinajstić information content (AvgIpc) is 2.81. The Morgan fingerprint density at radius 3 is 2.53 bits per heavy atom. The maximum absolute atomic E-state index is 5.74. The molecule has 0 unspecified atom stereocenters. The van der Waals surface area contributed by atoms with Gasteiger partial charge in [-0.25, -0.2) is 4.98 Å². The van der Waals surface area contributed by atoms with Crippen LogP contribution in [0.2, 0.25) is 0 Å². The standard InChI is InChI=1S/C15H22N4/c1-3-9-19(15-6-4-14(16)5-7-15)12-11-18-10-8-17-13(18)2/h4-8,10H,3,9,11-12,16H2,1-2H3. The number of hydrogen-bond donors (Lipinski definition) is 1. The van der Waals surface area contributed by atoms with Crippen molar-refractivity contribution in [2.75, 3.05) is 23.7 Å². The molecule has 4 heteroatoms. The molecule has 0 aliphatic carbocycles. The van der Waals surface area contributed by atoms with Gasteiger partial charge in [-0.3, -0.25) is 0 Å². The summed E-state index contributed by atoms with van der Waals surface area (Å²) in [5.74, 6) is 1.06. The van der Waals surface area contributed by atoms with Crippen molar-refractivity contribution in [3.8, 4) is 0 Å². The van der Waals surface area contributed by atoms with Crippen LogP contribution >= 0.6 is 0 Å². The smallest absolute Gasteiger partial charge is 0.105 e. The fourth-order valence-corrected chi connectivity index (χ4v) is 2.19. The zero-order valence-electron chi connectivity index (χ0n) is 11.7. The van der Waals surface area contributed by atoms with Crippen molar-refractivity contribution < 1.29 is 0 Å². The van der Waals surface area contributed by atoms with Crippen molar-refractivity contribution in [1.29, 1.82) is 0 Å². The molecular weight excluding hydrogens is 236 g/mol. The van der Waals surface area contributed by atoms with Crippen molar-refractivity contribution in [2.24, 2.45) is 0 Å². The van der Waals surface area contributed by atoms with E-state index in [-0.39, 0.29) is 0 Å². The Kier molecular flexibility index (Phi) is 4.44. The van der Waals surface area contributed by atoms with E-state index in [2.05, 4.69) is 33.5 Å². The maximum atomic E-state index is 5.74. The Morgan fingerprint density at radius 1 is 1.21 bits per heavy atom. The molecule has 0 aliphatic heterocycles. The highest BCUT2D eigenvalue weighted by atomic mass is 15.2. The minimum absolute atomic E-state index is 0.811. The van der Waals surface area contributed by atoms with E-state index >= 15 is 0 Å². The van der Waals surface area contributed by atoms with Crippen molar-refractivity contribution in [1.82, 2.24) is 9.55 Å². The predicted octanol–water partition coefficient (Wildman–Crippen LogP) is 2.69. The SMILES string of the molecule is CCCN(CCn1ccnc1C)c1ccc(N)cc1. The molecule has 2 N–H and O–H groups in total. The van der Waals surface area contributed by atoms with E-state index in [0.29, 0.717) is 0 Å². The van der Waals surface area contributed by atoms with Gasteiger partial charge in [-0.1, -0.05) is 6.92 Å². The Morgan fingerprint density at radius 2 is 1.95 bits per heavy atom. The molecule has 2 aromatic rings. The van der Waals surface area contributed by atoms with E-state index in [0.717, 1.165) is 37.6 Å². The number of nitrogens with zero attached hydrogens (tertiary/aromatic N) is 3. The third-order valence-electron chi connectivity index (χ3n) is 3.29. The van der Waals surface area contributed by atoms with Crippen LogP contribution in [0.4, 0.5) is 11.4 Å². The van der Waals surface area contributed by atoms with Crippen LogP contribution in [0.5, 0.6) is 0 Å². The number of aromatic nitrogens is 2. The normalized spacial score (nSPS) is 10.6. The van der Waals surface area contributed by atoms with E-state index in [9.17, 15) is 0 Å². The molecule has 2 rings (SSSR count). The number of benzene rings is 1. The Bertz CT molecular complexity index is 501. The molecule has 4 nitrogen and oxygen atoms in total. The van der Waals surface area contributed by atoms with Crippen LogP contribution in [-0.4, -0.2) is 22.6 Å². The average molecular weight is 258 g/mol. The molecule has 19 heavy (non-hydrogen) atoms. The number of imidazole rings is 1. The number of aryl methyl sites for hydroxylation is 1. The van der Waals surface area contributed by atoms with Gasteiger partial charge in [0.15, 0.2) is 0 Å². The monoisotopic (exact) mass is 258 g/mol. The highest BCUT2D eigenvalue weighted by molar-refractivity contribution is 5.53.